The van der Waals surface area contributed by atoms with Gasteiger partial charge in [0.2, 0.25) is 0 Å². The van der Waals surface area contributed by atoms with Crippen molar-refractivity contribution in [1.29, 1.82) is 0 Å². The molecule has 0 spiro atoms. The Morgan fingerprint density at radius 3 is 2.50 bits per heavy atom. The van der Waals surface area contributed by atoms with Crippen molar-refractivity contribution >= 4 is 5.78 Å². The van der Waals surface area contributed by atoms with Gasteiger partial charge in [0.25, 0.3) is 0 Å². The van der Waals surface area contributed by atoms with Crippen LogP contribution in [0.4, 0.5) is 0 Å². The normalized spacial score (nSPS) is 19.8. The Morgan fingerprint density at radius 1 is 1.29 bits per heavy atom. The van der Waals surface area contributed by atoms with Gasteiger partial charge in [-0.25, -0.2) is 0 Å². The SMILES string of the molecule is CC(C)=C1C(=O)c2ccccc2[C@@H]1O. The number of hydrogen-bond donors (Lipinski definition) is 1. The Balaban J connectivity index is 2.66. The van der Waals surface area contributed by atoms with Gasteiger partial charge in [0, 0.05) is 11.1 Å². The molecule has 72 valence electrons. The van der Waals surface area contributed by atoms with Crippen LogP contribution in [0.3, 0.4) is 0 Å². The van der Waals surface area contributed by atoms with Gasteiger partial charge in [0.1, 0.15) is 6.10 Å². The molecule has 2 rings (SSSR count). The van der Waals surface area contributed by atoms with Crippen LogP contribution in [0.2, 0.25) is 0 Å². The smallest absolute Gasteiger partial charge is 0.192 e. The van der Waals surface area contributed by atoms with Crippen molar-refractivity contribution < 1.29 is 9.90 Å². The topological polar surface area (TPSA) is 37.3 Å². The highest BCUT2D eigenvalue weighted by Crippen LogP contribution is 2.36. The van der Waals surface area contributed by atoms with Crippen molar-refractivity contribution in [3.8, 4) is 0 Å². The first kappa shape index (κ1) is 9.16. The van der Waals surface area contributed by atoms with Crippen molar-refractivity contribution in [3.63, 3.8) is 0 Å². The number of ketones is 1. The van der Waals surface area contributed by atoms with Crippen molar-refractivity contribution in [2.24, 2.45) is 0 Å². The minimum Gasteiger partial charge on any atom is -0.383 e. The average molecular weight is 188 g/mol. The zero-order chi connectivity index (χ0) is 10.3. The molecule has 2 heteroatoms. The molecule has 1 aliphatic carbocycles. The van der Waals surface area contributed by atoms with E-state index in [0.29, 0.717) is 11.1 Å². The maximum Gasteiger partial charge on any atom is 0.192 e. The summed E-state index contributed by atoms with van der Waals surface area (Å²) < 4.78 is 0. The fourth-order valence-corrected chi connectivity index (χ4v) is 1.87. The van der Waals surface area contributed by atoms with Gasteiger partial charge >= 0.3 is 0 Å². The number of benzene rings is 1. The summed E-state index contributed by atoms with van der Waals surface area (Å²) in [4.78, 5) is 11.8. The van der Waals surface area contributed by atoms with Gasteiger partial charge < -0.3 is 5.11 Å². The highest BCUT2D eigenvalue weighted by atomic mass is 16.3. The summed E-state index contributed by atoms with van der Waals surface area (Å²) in [5.41, 5.74) is 2.79. The molecule has 0 unspecified atom stereocenters. The van der Waals surface area contributed by atoms with Crippen molar-refractivity contribution in [2.75, 3.05) is 0 Å². The van der Waals surface area contributed by atoms with Crippen LogP contribution in [0.5, 0.6) is 0 Å². The number of aliphatic hydroxyl groups is 1. The number of carbonyl (C=O) groups excluding carboxylic acids is 1. The van der Waals surface area contributed by atoms with Crippen LogP contribution >= 0.6 is 0 Å². The molecular formula is C12H12O2. The lowest BCUT2D eigenvalue weighted by Gasteiger charge is -2.05. The summed E-state index contributed by atoms with van der Waals surface area (Å²) in [7, 11) is 0. The maximum absolute atomic E-state index is 11.8. The zero-order valence-electron chi connectivity index (χ0n) is 8.24. The zero-order valence-corrected chi connectivity index (χ0v) is 8.24. The second-order valence-corrected chi connectivity index (χ2v) is 3.73. The van der Waals surface area contributed by atoms with Crippen molar-refractivity contribution in [2.45, 2.75) is 20.0 Å². The number of allylic oxidation sites excluding steroid dienone is 1. The van der Waals surface area contributed by atoms with E-state index >= 15 is 0 Å². The van der Waals surface area contributed by atoms with Gasteiger partial charge in [-0.2, -0.15) is 0 Å². The first-order valence-corrected chi connectivity index (χ1v) is 4.62. The number of fused-ring (bicyclic) bond motifs is 1. The fourth-order valence-electron chi connectivity index (χ4n) is 1.87. The number of Topliss-reactive ketones (excluding diaryl/α,β-unsaturated/α-hetero) is 1. The van der Waals surface area contributed by atoms with Gasteiger partial charge in [-0.05, 0) is 19.4 Å². The van der Waals surface area contributed by atoms with E-state index < -0.39 is 6.10 Å². The summed E-state index contributed by atoms with van der Waals surface area (Å²) in [6.45, 7) is 3.70. The summed E-state index contributed by atoms with van der Waals surface area (Å²) in [5, 5.41) is 9.90. The molecule has 2 nitrogen and oxygen atoms in total. The van der Waals surface area contributed by atoms with E-state index in [9.17, 15) is 9.90 Å². The standard InChI is InChI=1S/C12H12O2/c1-7(2)10-11(13)8-5-3-4-6-9(8)12(10)14/h3-6,11,13H,1-2H3/t11-/m0/s1. The average Bonchev–Trinajstić information content (AvgIpc) is 2.41. The van der Waals surface area contributed by atoms with Gasteiger partial charge in [-0.1, -0.05) is 29.8 Å². The monoisotopic (exact) mass is 188 g/mol. The fraction of sp³-hybridized carbons (Fsp3) is 0.250. The molecule has 1 aromatic carbocycles. The minimum absolute atomic E-state index is 0.0342. The third-order valence-electron chi connectivity index (χ3n) is 2.56. The Morgan fingerprint density at radius 2 is 1.93 bits per heavy atom. The first-order valence-electron chi connectivity index (χ1n) is 4.62. The molecule has 0 saturated carbocycles. The molecule has 0 heterocycles. The highest BCUT2D eigenvalue weighted by molar-refractivity contribution is 6.14. The summed E-state index contributed by atoms with van der Waals surface area (Å²) in [5.74, 6) is -0.0342. The molecule has 1 N–H and O–H groups in total. The van der Waals surface area contributed by atoms with Crippen LogP contribution in [0.1, 0.15) is 35.9 Å². The lowest BCUT2D eigenvalue weighted by atomic mass is 10.1. The summed E-state index contributed by atoms with van der Waals surface area (Å²) >= 11 is 0. The second-order valence-electron chi connectivity index (χ2n) is 3.73. The predicted octanol–water partition coefficient (Wildman–Crippen LogP) is 2.25. The molecule has 0 saturated heterocycles. The predicted molar refractivity (Wildman–Crippen MR) is 54.1 cm³/mol. The largest absolute Gasteiger partial charge is 0.383 e. The number of aliphatic hydroxyl groups excluding tert-OH is 1. The minimum atomic E-state index is -0.733. The lowest BCUT2D eigenvalue weighted by molar-refractivity contribution is 0.101. The molecular weight excluding hydrogens is 176 g/mol. The molecule has 0 amide bonds. The molecule has 1 aromatic rings. The molecule has 1 aliphatic rings. The van der Waals surface area contributed by atoms with Gasteiger partial charge in [-0.15, -0.1) is 0 Å². The van der Waals surface area contributed by atoms with E-state index in [4.69, 9.17) is 0 Å². The quantitative estimate of drug-likeness (QED) is 0.634. The molecule has 0 radical (unpaired) electrons. The van der Waals surface area contributed by atoms with Crippen LogP contribution in [-0.4, -0.2) is 10.9 Å². The van der Waals surface area contributed by atoms with Crippen molar-refractivity contribution in [1.82, 2.24) is 0 Å². The number of rotatable bonds is 0. The van der Waals surface area contributed by atoms with E-state index in [1.165, 1.54) is 0 Å². The van der Waals surface area contributed by atoms with Gasteiger partial charge in [0.05, 0.1) is 0 Å². The van der Waals surface area contributed by atoms with Crippen LogP contribution in [-0.2, 0) is 0 Å². The summed E-state index contributed by atoms with van der Waals surface area (Å²) in [6.07, 6.45) is -0.733. The van der Waals surface area contributed by atoms with Gasteiger partial charge in [-0.3, -0.25) is 4.79 Å². The third kappa shape index (κ3) is 1.11. The lowest BCUT2D eigenvalue weighted by Crippen LogP contribution is -2.01. The van der Waals surface area contributed by atoms with Crippen LogP contribution < -0.4 is 0 Å². The Kier molecular flexibility index (Phi) is 2.01. The Hall–Kier alpha value is -1.41. The Bertz CT molecular complexity index is 426. The maximum atomic E-state index is 11.8. The van der Waals surface area contributed by atoms with Crippen LogP contribution in [0.25, 0.3) is 0 Å². The highest BCUT2D eigenvalue weighted by Gasteiger charge is 2.33. The molecule has 0 fully saturated rings. The summed E-state index contributed by atoms with van der Waals surface area (Å²) in [6, 6.07) is 7.21. The van der Waals surface area contributed by atoms with Crippen LogP contribution in [0.15, 0.2) is 35.4 Å². The molecule has 1 atom stereocenters. The van der Waals surface area contributed by atoms with E-state index in [1.807, 2.05) is 26.0 Å². The molecule has 0 aromatic heterocycles. The number of carbonyl (C=O) groups is 1. The molecule has 0 bridgehead atoms. The first-order chi connectivity index (χ1) is 6.63. The molecule has 0 aliphatic heterocycles. The van der Waals surface area contributed by atoms with Crippen molar-refractivity contribution in [3.05, 3.63) is 46.5 Å². The third-order valence-corrected chi connectivity index (χ3v) is 2.56. The van der Waals surface area contributed by atoms with E-state index in [0.717, 1.165) is 11.1 Å². The van der Waals surface area contributed by atoms with E-state index in [2.05, 4.69) is 0 Å². The second kappa shape index (κ2) is 3.07. The van der Waals surface area contributed by atoms with E-state index in [1.54, 1.807) is 12.1 Å². The van der Waals surface area contributed by atoms with E-state index in [-0.39, 0.29) is 5.78 Å². The van der Waals surface area contributed by atoms with Gasteiger partial charge in [0.15, 0.2) is 5.78 Å². The number of hydrogen-bond acceptors (Lipinski definition) is 2. The Labute approximate surface area is 82.9 Å². The van der Waals surface area contributed by atoms with Crippen LogP contribution in [0, 0.1) is 0 Å². The molecule has 14 heavy (non-hydrogen) atoms.